The predicted octanol–water partition coefficient (Wildman–Crippen LogP) is 5.78. The zero-order valence-electron chi connectivity index (χ0n) is 14.7. The molecule has 0 spiro atoms. The predicted molar refractivity (Wildman–Crippen MR) is 109 cm³/mol. The number of hydrogen-bond acceptors (Lipinski definition) is 3. The summed E-state index contributed by atoms with van der Waals surface area (Å²) in [5.41, 5.74) is 0.848. The highest BCUT2D eigenvalue weighted by molar-refractivity contribution is 8.57. The van der Waals surface area contributed by atoms with E-state index in [1.165, 1.54) is 17.7 Å². The molecule has 0 saturated carbocycles. The van der Waals surface area contributed by atoms with Crippen molar-refractivity contribution in [2.75, 3.05) is 12.4 Å². The van der Waals surface area contributed by atoms with Gasteiger partial charge in [-0.1, -0.05) is 43.4 Å². The van der Waals surface area contributed by atoms with E-state index in [0.29, 0.717) is 0 Å². The molecule has 0 aliphatic carbocycles. The number of rotatable bonds is 9. The molecule has 0 heterocycles. The number of anilines is 1. The molecule has 5 nitrogen and oxygen atoms in total. The van der Waals surface area contributed by atoms with Gasteiger partial charge in [0.15, 0.2) is 0 Å². The van der Waals surface area contributed by atoms with Crippen molar-refractivity contribution in [3.05, 3.63) is 54.6 Å². The third-order valence-corrected chi connectivity index (χ3v) is 8.19. The number of ether oxygens (including phenoxy) is 1. The summed E-state index contributed by atoms with van der Waals surface area (Å²) in [5.74, 6) is 1.55. The van der Waals surface area contributed by atoms with Gasteiger partial charge in [0.2, 0.25) is 0 Å². The van der Waals surface area contributed by atoms with Crippen LogP contribution in [0, 0.1) is 0 Å². The summed E-state index contributed by atoms with van der Waals surface area (Å²) in [7, 11) is 1.67. The second-order valence-electron chi connectivity index (χ2n) is 5.40. The molecule has 7 heteroatoms. The van der Waals surface area contributed by atoms with Gasteiger partial charge < -0.3 is 10.1 Å². The first-order valence-corrected chi connectivity index (χ1v) is 11.3. The summed E-state index contributed by atoms with van der Waals surface area (Å²) in [6, 6.07) is 17.1. The van der Waals surface area contributed by atoms with Gasteiger partial charge in [0, 0.05) is 10.9 Å². The fourth-order valence-corrected chi connectivity index (χ4v) is 5.53. The van der Waals surface area contributed by atoms with Gasteiger partial charge in [0.1, 0.15) is 11.5 Å². The summed E-state index contributed by atoms with van der Waals surface area (Å²) in [4.78, 5) is 0. The zero-order chi connectivity index (χ0) is 18.1. The average Bonchev–Trinajstić information content (AvgIpc) is 2.64. The zero-order valence-corrected chi connectivity index (χ0v) is 16.4. The van der Waals surface area contributed by atoms with E-state index in [-0.39, 0.29) is 5.25 Å². The lowest BCUT2D eigenvalue weighted by molar-refractivity contribution is 0.483. The molecular weight excluding hydrogens is 353 g/mol. The first kappa shape index (κ1) is 19.6. The molecule has 0 amide bonds. The third-order valence-electron chi connectivity index (χ3n) is 3.45. The smallest absolute Gasteiger partial charge is 0.312 e. The van der Waals surface area contributed by atoms with Crippen LogP contribution < -0.4 is 15.1 Å². The molecule has 0 aliphatic heterocycles. The maximum Gasteiger partial charge on any atom is 0.312 e. The molecule has 2 rings (SSSR count). The Hall–Kier alpha value is -1.75. The Morgan fingerprint density at radius 3 is 2.40 bits per heavy atom. The van der Waals surface area contributed by atoms with Crippen LogP contribution in [0.25, 0.3) is 0 Å². The SMILES string of the molecule is CCC(C)SP(=O)(N=CNc1ccc(Oc2ccccc2)cc1)NC. The van der Waals surface area contributed by atoms with Gasteiger partial charge >= 0.3 is 6.65 Å². The Labute approximate surface area is 153 Å². The molecule has 0 saturated heterocycles. The molecule has 0 radical (unpaired) electrons. The van der Waals surface area contributed by atoms with Crippen LogP contribution in [-0.2, 0) is 4.57 Å². The standard InChI is InChI=1S/C18H24N3O2PS/c1-4-15(2)25-24(22,19-3)21-14-20-16-10-12-18(13-11-16)23-17-8-6-5-7-9-17/h5-15H,4H2,1-3H3,(H2,19,20,21,22). The molecule has 0 bridgehead atoms. The van der Waals surface area contributed by atoms with Crippen LogP contribution in [0.15, 0.2) is 59.4 Å². The molecule has 134 valence electrons. The summed E-state index contributed by atoms with van der Waals surface area (Å²) >= 11 is 1.37. The average molecular weight is 377 g/mol. The lowest BCUT2D eigenvalue weighted by atomic mass is 10.3. The number of benzene rings is 2. The fraction of sp³-hybridized carbons (Fsp3) is 0.278. The Morgan fingerprint density at radius 2 is 1.80 bits per heavy atom. The second-order valence-corrected chi connectivity index (χ2v) is 10.2. The minimum Gasteiger partial charge on any atom is -0.457 e. The Balaban J connectivity index is 1.93. The first-order chi connectivity index (χ1) is 12.0. The van der Waals surface area contributed by atoms with E-state index >= 15 is 0 Å². The van der Waals surface area contributed by atoms with Crippen molar-refractivity contribution in [1.29, 1.82) is 0 Å². The monoisotopic (exact) mass is 377 g/mol. The molecule has 0 aromatic heterocycles. The van der Waals surface area contributed by atoms with Crippen molar-refractivity contribution in [3.8, 4) is 11.5 Å². The molecule has 25 heavy (non-hydrogen) atoms. The van der Waals surface area contributed by atoms with Crippen LogP contribution in [0.3, 0.4) is 0 Å². The van der Waals surface area contributed by atoms with Crippen molar-refractivity contribution in [2.24, 2.45) is 4.76 Å². The molecule has 2 unspecified atom stereocenters. The topological polar surface area (TPSA) is 62.7 Å². The van der Waals surface area contributed by atoms with Gasteiger partial charge in [-0.15, -0.1) is 0 Å². The van der Waals surface area contributed by atoms with E-state index in [4.69, 9.17) is 4.74 Å². The van der Waals surface area contributed by atoms with Gasteiger partial charge in [0.05, 0.1) is 6.34 Å². The van der Waals surface area contributed by atoms with Gasteiger partial charge in [-0.25, -0.2) is 5.09 Å². The van der Waals surface area contributed by atoms with E-state index in [0.717, 1.165) is 23.6 Å². The van der Waals surface area contributed by atoms with Crippen LogP contribution in [-0.4, -0.2) is 18.6 Å². The van der Waals surface area contributed by atoms with Gasteiger partial charge in [-0.2, -0.15) is 4.76 Å². The maximum atomic E-state index is 12.6. The minimum absolute atomic E-state index is 0.282. The number of nitrogens with one attached hydrogen (secondary N) is 2. The maximum absolute atomic E-state index is 12.6. The second kappa shape index (κ2) is 9.66. The number of nitrogens with zero attached hydrogens (tertiary/aromatic N) is 1. The summed E-state index contributed by atoms with van der Waals surface area (Å²) in [6.07, 6.45) is 2.43. The summed E-state index contributed by atoms with van der Waals surface area (Å²) in [6.45, 7) is 1.30. The molecule has 0 aliphatic rings. The first-order valence-electron chi connectivity index (χ1n) is 8.15. The highest BCUT2D eigenvalue weighted by Gasteiger charge is 2.21. The molecule has 2 aromatic rings. The number of hydrogen-bond donors (Lipinski definition) is 2. The van der Waals surface area contributed by atoms with Crippen molar-refractivity contribution >= 4 is 30.1 Å². The normalized spacial score (nSPS) is 14.8. The van der Waals surface area contributed by atoms with Gasteiger partial charge in [-0.3, -0.25) is 4.57 Å². The third kappa shape index (κ3) is 6.58. The van der Waals surface area contributed by atoms with Gasteiger partial charge in [-0.05, 0) is 49.9 Å². The van der Waals surface area contributed by atoms with Crippen molar-refractivity contribution in [1.82, 2.24) is 5.09 Å². The quantitative estimate of drug-likeness (QED) is 0.330. The van der Waals surface area contributed by atoms with Crippen LogP contribution in [0.1, 0.15) is 20.3 Å². The number of para-hydroxylation sites is 1. The summed E-state index contributed by atoms with van der Waals surface area (Å²) in [5, 5.41) is 6.15. The van der Waals surface area contributed by atoms with Crippen molar-refractivity contribution in [3.63, 3.8) is 0 Å². The minimum atomic E-state index is -2.82. The molecular formula is C18H24N3O2PS. The van der Waals surface area contributed by atoms with E-state index in [1.54, 1.807) is 7.05 Å². The van der Waals surface area contributed by atoms with Crippen LogP contribution in [0.4, 0.5) is 5.69 Å². The Morgan fingerprint density at radius 1 is 1.16 bits per heavy atom. The lowest BCUT2D eigenvalue weighted by Gasteiger charge is -2.15. The van der Waals surface area contributed by atoms with Gasteiger partial charge in [0.25, 0.3) is 0 Å². The fourth-order valence-electron chi connectivity index (χ4n) is 1.88. The molecule has 2 aromatic carbocycles. The highest BCUT2D eigenvalue weighted by atomic mass is 32.7. The lowest BCUT2D eigenvalue weighted by Crippen LogP contribution is -2.04. The molecule has 2 atom stereocenters. The van der Waals surface area contributed by atoms with E-state index in [2.05, 4.69) is 22.1 Å². The highest BCUT2D eigenvalue weighted by Crippen LogP contribution is 2.57. The molecule has 0 fully saturated rings. The van der Waals surface area contributed by atoms with Crippen LogP contribution in [0.5, 0.6) is 11.5 Å². The summed E-state index contributed by atoms with van der Waals surface area (Å²) < 4.78 is 22.5. The molecule has 2 N–H and O–H groups in total. The van der Waals surface area contributed by atoms with Crippen molar-refractivity contribution < 1.29 is 9.30 Å². The van der Waals surface area contributed by atoms with E-state index < -0.39 is 6.65 Å². The Bertz CT molecular complexity index is 723. The largest absolute Gasteiger partial charge is 0.457 e. The van der Waals surface area contributed by atoms with Crippen LogP contribution >= 0.6 is 18.0 Å². The van der Waals surface area contributed by atoms with Crippen molar-refractivity contribution in [2.45, 2.75) is 25.5 Å². The van der Waals surface area contributed by atoms with E-state index in [9.17, 15) is 4.57 Å². The Kier molecular flexibility index (Phi) is 7.56. The van der Waals surface area contributed by atoms with Crippen LogP contribution in [0.2, 0.25) is 0 Å². The van der Waals surface area contributed by atoms with E-state index in [1.807, 2.05) is 61.5 Å².